The molecule has 4 atom stereocenters. The molecule has 2 aliphatic rings. The van der Waals surface area contributed by atoms with E-state index in [1.807, 2.05) is 30.4 Å². The summed E-state index contributed by atoms with van der Waals surface area (Å²) in [5.74, 6) is -1.92. The molecular formula is C25H25ClN2O4S2. The first-order chi connectivity index (χ1) is 16.2. The van der Waals surface area contributed by atoms with Gasteiger partial charge in [-0.1, -0.05) is 54.6 Å². The topological polar surface area (TPSA) is 86.7 Å². The molecule has 1 aliphatic carbocycles. The fourth-order valence-electron chi connectivity index (χ4n) is 4.49. The maximum atomic E-state index is 13.3. The molecule has 4 rings (SSSR count). The summed E-state index contributed by atoms with van der Waals surface area (Å²) in [6.07, 6.45) is 7.75. The third-order valence-electron chi connectivity index (χ3n) is 6.32. The van der Waals surface area contributed by atoms with Gasteiger partial charge in [-0.05, 0) is 41.8 Å². The number of rotatable bonds is 5. The highest BCUT2D eigenvalue weighted by atomic mass is 35.5. The van der Waals surface area contributed by atoms with E-state index in [-0.39, 0.29) is 11.8 Å². The van der Waals surface area contributed by atoms with E-state index in [0.717, 1.165) is 10.4 Å². The standard InChI is InChI=1S/C25H25ClN2O4S2/c1-16-6-4-3-5-14-28(17(2)29)15-13-20-23(16)25(20,24(30)31)27-34(32)22-12-11-21(33-22)18-7-9-19(26)10-8-18/h3-12,20,23,27H,1,13-15H2,2H3,(H,30,31)/b5-3-,6-4-. The lowest BCUT2D eigenvalue weighted by atomic mass is 10.1. The van der Waals surface area contributed by atoms with E-state index in [1.165, 1.54) is 18.3 Å². The number of benzene rings is 1. The van der Waals surface area contributed by atoms with E-state index in [4.69, 9.17) is 11.6 Å². The molecular weight excluding hydrogens is 492 g/mol. The molecule has 2 N–H and O–H groups in total. The molecule has 2 heterocycles. The van der Waals surface area contributed by atoms with Crippen LogP contribution in [0.15, 0.2) is 77.1 Å². The highest BCUT2D eigenvalue weighted by molar-refractivity contribution is 7.85. The Bertz CT molecular complexity index is 1200. The first-order valence-corrected chi connectivity index (χ1v) is 13.1. The summed E-state index contributed by atoms with van der Waals surface area (Å²) in [5, 5.41) is 10.9. The van der Waals surface area contributed by atoms with Gasteiger partial charge in [-0.25, -0.2) is 8.93 Å². The number of aliphatic carboxylic acids is 1. The fraction of sp³-hybridized carbons (Fsp3) is 0.280. The summed E-state index contributed by atoms with van der Waals surface area (Å²) in [4.78, 5) is 27.1. The van der Waals surface area contributed by atoms with Gasteiger partial charge >= 0.3 is 5.97 Å². The summed E-state index contributed by atoms with van der Waals surface area (Å²) in [5.41, 5.74) is 0.186. The minimum Gasteiger partial charge on any atom is -0.480 e. The predicted molar refractivity (Wildman–Crippen MR) is 136 cm³/mol. The summed E-state index contributed by atoms with van der Waals surface area (Å²) >= 11 is 7.31. The number of fused-ring (bicyclic) bond motifs is 1. The lowest BCUT2D eigenvalue weighted by Crippen LogP contribution is -2.44. The molecule has 9 heteroatoms. The molecule has 1 aliphatic heterocycles. The minimum absolute atomic E-state index is 0.0744. The number of allylic oxidation sites excluding steroid dienone is 3. The highest BCUT2D eigenvalue weighted by Gasteiger charge is 2.71. The van der Waals surface area contributed by atoms with Gasteiger partial charge in [0.1, 0.15) is 20.7 Å². The number of carboxylic acid groups (broad SMARTS) is 1. The molecule has 2 aromatic rings. The third-order valence-corrected chi connectivity index (χ3v) is 9.22. The Balaban J connectivity index is 1.59. The van der Waals surface area contributed by atoms with E-state index in [9.17, 15) is 18.9 Å². The van der Waals surface area contributed by atoms with Crippen molar-refractivity contribution in [3.05, 3.63) is 77.9 Å². The second kappa shape index (κ2) is 10.00. The monoisotopic (exact) mass is 516 g/mol. The van der Waals surface area contributed by atoms with Crippen LogP contribution >= 0.6 is 22.9 Å². The number of carbonyl (C=O) groups excluding carboxylic acids is 1. The van der Waals surface area contributed by atoms with Crippen LogP contribution in [-0.2, 0) is 20.6 Å². The Morgan fingerprint density at radius 2 is 1.97 bits per heavy atom. The second-order valence-corrected chi connectivity index (χ2v) is 11.3. The van der Waals surface area contributed by atoms with Crippen molar-refractivity contribution in [1.29, 1.82) is 0 Å². The number of nitrogens with zero attached hydrogens (tertiary/aromatic N) is 1. The number of carboxylic acids is 1. The molecule has 1 aromatic carbocycles. The molecule has 0 saturated heterocycles. The lowest BCUT2D eigenvalue weighted by Gasteiger charge is -2.20. The first kappa shape index (κ1) is 24.6. The Morgan fingerprint density at radius 3 is 2.65 bits per heavy atom. The lowest BCUT2D eigenvalue weighted by molar-refractivity contribution is -0.140. The molecule has 0 spiro atoms. The predicted octanol–water partition coefficient (Wildman–Crippen LogP) is 4.67. The SMILES string of the molecule is C=C1/C=C\C=C/CN(C(C)=O)CCC2C1C2(NS(=O)c1ccc(-c2ccc(Cl)cc2)s1)C(=O)O. The highest BCUT2D eigenvalue weighted by Crippen LogP contribution is 2.57. The van der Waals surface area contributed by atoms with E-state index < -0.39 is 28.4 Å². The van der Waals surface area contributed by atoms with Gasteiger partial charge < -0.3 is 10.0 Å². The van der Waals surface area contributed by atoms with Crippen LogP contribution in [0, 0.1) is 11.8 Å². The Kier molecular flexibility index (Phi) is 7.23. The maximum Gasteiger partial charge on any atom is 0.325 e. The van der Waals surface area contributed by atoms with Crippen molar-refractivity contribution in [2.24, 2.45) is 11.8 Å². The van der Waals surface area contributed by atoms with Gasteiger partial charge in [-0.2, -0.15) is 0 Å². The van der Waals surface area contributed by atoms with Gasteiger partial charge in [-0.15, -0.1) is 11.3 Å². The van der Waals surface area contributed by atoms with Crippen molar-refractivity contribution in [1.82, 2.24) is 9.62 Å². The summed E-state index contributed by atoms with van der Waals surface area (Å²) in [6, 6.07) is 11.0. The third kappa shape index (κ3) is 4.81. The quantitative estimate of drug-likeness (QED) is 0.604. The zero-order chi connectivity index (χ0) is 24.5. The summed E-state index contributed by atoms with van der Waals surface area (Å²) in [7, 11) is -1.74. The van der Waals surface area contributed by atoms with E-state index in [0.29, 0.717) is 34.3 Å². The smallest absolute Gasteiger partial charge is 0.325 e. The normalized spacial score (nSPS) is 27.2. The summed E-state index contributed by atoms with van der Waals surface area (Å²) < 4.78 is 16.8. The van der Waals surface area contributed by atoms with Gasteiger partial charge in [0, 0.05) is 41.7 Å². The van der Waals surface area contributed by atoms with Crippen molar-refractivity contribution in [3.8, 4) is 10.4 Å². The van der Waals surface area contributed by atoms with Crippen molar-refractivity contribution in [3.63, 3.8) is 0 Å². The molecule has 1 fully saturated rings. The molecule has 0 radical (unpaired) electrons. The molecule has 1 aromatic heterocycles. The van der Waals surface area contributed by atoms with Crippen LogP contribution in [0.2, 0.25) is 5.02 Å². The van der Waals surface area contributed by atoms with Crippen molar-refractivity contribution in [2.45, 2.75) is 23.1 Å². The number of thiophene rings is 1. The number of nitrogens with one attached hydrogen (secondary N) is 1. The molecule has 6 nitrogen and oxygen atoms in total. The number of hydrogen-bond acceptors (Lipinski definition) is 4. The largest absolute Gasteiger partial charge is 0.480 e. The van der Waals surface area contributed by atoms with Crippen molar-refractivity contribution in [2.75, 3.05) is 13.1 Å². The van der Waals surface area contributed by atoms with Crippen molar-refractivity contribution < 1.29 is 18.9 Å². The van der Waals surface area contributed by atoms with Crippen LogP contribution in [0.4, 0.5) is 0 Å². The Labute approximate surface area is 210 Å². The number of carbonyl (C=O) groups is 2. The zero-order valence-electron chi connectivity index (χ0n) is 18.6. The molecule has 178 valence electrons. The van der Waals surface area contributed by atoms with E-state index in [1.54, 1.807) is 35.3 Å². The second-order valence-electron chi connectivity index (χ2n) is 8.37. The van der Waals surface area contributed by atoms with Crippen LogP contribution in [0.3, 0.4) is 0 Å². The van der Waals surface area contributed by atoms with Gasteiger partial charge in [0.05, 0.1) is 0 Å². The minimum atomic E-state index is -1.74. The van der Waals surface area contributed by atoms with Gasteiger partial charge in [0.15, 0.2) is 0 Å². The van der Waals surface area contributed by atoms with E-state index in [2.05, 4.69) is 11.3 Å². The Morgan fingerprint density at radius 1 is 1.24 bits per heavy atom. The number of halogens is 1. The number of amides is 1. The molecule has 0 bridgehead atoms. The Hall–Kier alpha value is -2.52. The fourth-order valence-corrected chi connectivity index (χ4v) is 7.02. The maximum absolute atomic E-state index is 13.3. The zero-order valence-corrected chi connectivity index (χ0v) is 21.0. The first-order valence-electron chi connectivity index (χ1n) is 10.8. The van der Waals surface area contributed by atoms with Gasteiger partial charge in [-0.3, -0.25) is 9.59 Å². The summed E-state index contributed by atoms with van der Waals surface area (Å²) in [6.45, 7) is 6.46. The average molecular weight is 517 g/mol. The molecule has 4 unspecified atom stereocenters. The van der Waals surface area contributed by atoms with Crippen LogP contribution in [-0.4, -0.2) is 44.7 Å². The van der Waals surface area contributed by atoms with Crippen LogP contribution in [0.5, 0.6) is 0 Å². The average Bonchev–Trinajstić information content (AvgIpc) is 3.17. The van der Waals surface area contributed by atoms with Crippen LogP contribution < -0.4 is 4.72 Å². The van der Waals surface area contributed by atoms with Gasteiger partial charge in [0.25, 0.3) is 0 Å². The molecule has 1 amide bonds. The van der Waals surface area contributed by atoms with E-state index >= 15 is 0 Å². The molecule has 34 heavy (non-hydrogen) atoms. The van der Waals surface area contributed by atoms with Crippen LogP contribution in [0.1, 0.15) is 13.3 Å². The number of hydrogen-bond donors (Lipinski definition) is 2. The van der Waals surface area contributed by atoms with Crippen molar-refractivity contribution >= 4 is 45.8 Å². The van der Waals surface area contributed by atoms with Crippen LogP contribution in [0.25, 0.3) is 10.4 Å². The molecule has 1 saturated carbocycles. The van der Waals surface area contributed by atoms with Gasteiger partial charge in [0.2, 0.25) is 5.91 Å².